The fourth-order valence-corrected chi connectivity index (χ4v) is 1.46. The third-order valence-electron chi connectivity index (χ3n) is 2.50. The van der Waals surface area contributed by atoms with Gasteiger partial charge in [0.05, 0.1) is 6.07 Å². The second-order valence-electron chi connectivity index (χ2n) is 4.32. The quantitative estimate of drug-likeness (QED) is 0.512. The summed E-state index contributed by atoms with van der Waals surface area (Å²) < 4.78 is 77.2. The Hall–Kier alpha value is -2.77. The Kier molecular flexibility index (Phi) is 5.78. The van der Waals surface area contributed by atoms with Crippen molar-refractivity contribution in [1.29, 1.82) is 5.26 Å². The number of hydrogen-bond donors (Lipinski definition) is 1. The number of hydrogen-bond acceptors (Lipinski definition) is 4. The molecular formula is C13H8F6N2O3. The number of nitrogens with zero attached hydrogens (tertiary/aromatic N) is 1. The zero-order valence-electron chi connectivity index (χ0n) is 11.5. The van der Waals surface area contributed by atoms with Gasteiger partial charge in [-0.15, -0.1) is 0 Å². The van der Waals surface area contributed by atoms with Crippen LogP contribution in [0.3, 0.4) is 0 Å². The maximum atomic E-state index is 12.3. The number of rotatable bonds is 4. The first-order chi connectivity index (χ1) is 11.0. The first kappa shape index (κ1) is 19.3. The SMILES string of the molecule is N#CC(C(=O)Nc1ccccc1)C(=O)OC(C(F)(F)F)C(F)(F)F. The smallest absolute Gasteiger partial charge is 0.434 e. The number of benzene rings is 1. The lowest BCUT2D eigenvalue weighted by Crippen LogP contribution is -2.47. The van der Waals surface area contributed by atoms with Crippen molar-refractivity contribution >= 4 is 17.6 Å². The number of carbonyl (C=O) groups is 2. The van der Waals surface area contributed by atoms with Gasteiger partial charge in [-0.3, -0.25) is 9.59 Å². The third-order valence-corrected chi connectivity index (χ3v) is 2.50. The second-order valence-corrected chi connectivity index (χ2v) is 4.32. The lowest BCUT2D eigenvalue weighted by molar-refractivity contribution is -0.313. The van der Waals surface area contributed by atoms with Gasteiger partial charge in [0.2, 0.25) is 5.92 Å². The van der Waals surface area contributed by atoms with E-state index in [9.17, 15) is 35.9 Å². The van der Waals surface area contributed by atoms with Crippen LogP contribution in [0.4, 0.5) is 32.0 Å². The summed E-state index contributed by atoms with van der Waals surface area (Å²) in [6.45, 7) is 0. The van der Waals surface area contributed by atoms with Gasteiger partial charge in [-0.25, -0.2) is 0 Å². The summed E-state index contributed by atoms with van der Waals surface area (Å²) in [4.78, 5) is 23.1. The van der Waals surface area contributed by atoms with Crippen molar-refractivity contribution in [3.8, 4) is 6.07 Å². The van der Waals surface area contributed by atoms with Gasteiger partial charge in [0.15, 0.2) is 0 Å². The number of anilines is 1. The maximum absolute atomic E-state index is 12.3. The Morgan fingerprint density at radius 3 is 1.96 bits per heavy atom. The predicted molar refractivity (Wildman–Crippen MR) is 66.2 cm³/mol. The van der Waals surface area contributed by atoms with Crippen LogP contribution in [0, 0.1) is 17.2 Å². The van der Waals surface area contributed by atoms with Crippen LogP contribution in [0.1, 0.15) is 0 Å². The van der Waals surface area contributed by atoms with E-state index in [-0.39, 0.29) is 5.69 Å². The lowest BCUT2D eigenvalue weighted by Gasteiger charge is -2.23. The van der Waals surface area contributed by atoms with Crippen LogP contribution in [-0.2, 0) is 14.3 Å². The van der Waals surface area contributed by atoms with Gasteiger partial charge in [0.1, 0.15) is 0 Å². The number of nitrogens with one attached hydrogen (secondary N) is 1. The molecular weight excluding hydrogens is 346 g/mol. The highest BCUT2D eigenvalue weighted by atomic mass is 19.4. The molecule has 1 aromatic rings. The molecule has 0 saturated carbocycles. The molecule has 0 aliphatic carbocycles. The largest absolute Gasteiger partial charge is 0.441 e. The lowest BCUT2D eigenvalue weighted by atomic mass is 10.1. The van der Waals surface area contributed by atoms with Crippen molar-refractivity contribution in [2.24, 2.45) is 5.92 Å². The summed E-state index contributed by atoms with van der Waals surface area (Å²) in [7, 11) is 0. The minimum atomic E-state index is -5.94. The second kappa shape index (κ2) is 7.20. The highest BCUT2D eigenvalue weighted by Crippen LogP contribution is 2.36. The number of alkyl halides is 6. The Morgan fingerprint density at radius 2 is 1.54 bits per heavy atom. The van der Waals surface area contributed by atoms with Gasteiger partial charge in [-0.1, -0.05) is 18.2 Å². The molecule has 1 N–H and O–H groups in total. The molecule has 0 bridgehead atoms. The first-order valence-corrected chi connectivity index (χ1v) is 6.06. The summed E-state index contributed by atoms with van der Waals surface area (Å²) in [5.41, 5.74) is 0.0822. The molecule has 5 nitrogen and oxygen atoms in total. The molecule has 0 radical (unpaired) electrons. The van der Waals surface area contributed by atoms with Gasteiger partial charge in [0, 0.05) is 5.69 Å². The van der Waals surface area contributed by atoms with Gasteiger partial charge in [-0.2, -0.15) is 31.6 Å². The summed E-state index contributed by atoms with van der Waals surface area (Å²) >= 11 is 0. The van der Waals surface area contributed by atoms with E-state index in [1.54, 1.807) is 6.07 Å². The molecule has 11 heteroatoms. The van der Waals surface area contributed by atoms with E-state index in [4.69, 9.17) is 5.26 Å². The van der Waals surface area contributed by atoms with E-state index in [0.29, 0.717) is 0 Å². The van der Waals surface area contributed by atoms with Crippen molar-refractivity contribution in [1.82, 2.24) is 0 Å². The molecule has 0 aromatic heterocycles. The fourth-order valence-electron chi connectivity index (χ4n) is 1.46. The summed E-state index contributed by atoms with van der Waals surface area (Å²) in [5.74, 6) is -6.18. The Morgan fingerprint density at radius 1 is 1.04 bits per heavy atom. The van der Waals surface area contributed by atoms with Crippen LogP contribution in [0.5, 0.6) is 0 Å². The molecule has 0 aliphatic rings. The van der Waals surface area contributed by atoms with Crippen molar-refractivity contribution in [2.75, 3.05) is 5.32 Å². The van der Waals surface area contributed by atoms with E-state index in [0.717, 1.165) is 6.07 Å². The van der Waals surface area contributed by atoms with Crippen molar-refractivity contribution in [3.63, 3.8) is 0 Å². The highest BCUT2D eigenvalue weighted by molar-refractivity contribution is 6.07. The molecule has 24 heavy (non-hydrogen) atoms. The molecule has 0 fully saturated rings. The minimum Gasteiger partial charge on any atom is -0.441 e. The fraction of sp³-hybridized carbons (Fsp3) is 0.308. The summed E-state index contributed by atoms with van der Waals surface area (Å²) in [6, 6.07) is 8.13. The third kappa shape index (κ3) is 5.15. The molecule has 1 amide bonds. The molecule has 0 heterocycles. The molecule has 130 valence electrons. The van der Waals surface area contributed by atoms with Crippen molar-refractivity contribution in [2.45, 2.75) is 18.5 Å². The molecule has 1 rings (SSSR count). The standard InChI is InChI=1S/C13H8F6N2O3/c14-12(15,16)11(13(17,18)19)24-10(23)8(6-20)9(22)21-7-4-2-1-3-5-7/h1-5,8,11H,(H,21,22). The van der Waals surface area contributed by atoms with Crippen LogP contribution in [0.25, 0.3) is 0 Å². The van der Waals surface area contributed by atoms with E-state index < -0.39 is 36.3 Å². The molecule has 1 aromatic carbocycles. The van der Waals surface area contributed by atoms with Crippen molar-refractivity contribution < 1.29 is 40.7 Å². The van der Waals surface area contributed by atoms with Gasteiger partial charge >= 0.3 is 18.3 Å². The number of para-hydroxylation sites is 1. The van der Waals surface area contributed by atoms with Crippen molar-refractivity contribution in [3.05, 3.63) is 30.3 Å². The predicted octanol–water partition coefficient (Wildman–Crippen LogP) is 2.80. The van der Waals surface area contributed by atoms with Gasteiger partial charge in [0.25, 0.3) is 12.0 Å². The number of esters is 1. The zero-order chi connectivity index (χ0) is 18.5. The normalized spacial score (nSPS) is 13.1. The molecule has 0 aliphatic heterocycles. The summed E-state index contributed by atoms with van der Waals surface area (Å²) in [5, 5.41) is 10.7. The molecule has 0 saturated heterocycles. The number of nitriles is 1. The first-order valence-electron chi connectivity index (χ1n) is 6.06. The molecule has 1 atom stereocenters. The van der Waals surface area contributed by atoms with Gasteiger partial charge in [-0.05, 0) is 12.1 Å². The van der Waals surface area contributed by atoms with Gasteiger partial charge < -0.3 is 10.1 Å². The van der Waals surface area contributed by atoms with Crippen LogP contribution in [0.15, 0.2) is 30.3 Å². The number of carbonyl (C=O) groups excluding carboxylic acids is 2. The van der Waals surface area contributed by atoms with E-state index in [1.165, 1.54) is 24.3 Å². The average Bonchev–Trinajstić information content (AvgIpc) is 2.44. The molecule has 0 spiro atoms. The van der Waals surface area contributed by atoms with Crippen LogP contribution < -0.4 is 5.32 Å². The average molecular weight is 354 g/mol. The van der Waals surface area contributed by atoms with E-state index in [1.807, 2.05) is 5.32 Å². The monoisotopic (exact) mass is 354 g/mol. The van der Waals surface area contributed by atoms with E-state index in [2.05, 4.69) is 4.74 Å². The number of amides is 1. The van der Waals surface area contributed by atoms with Crippen LogP contribution in [-0.4, -0.2) is 30.3 Å². The van der Waals surface area contributed by atoms with Crippen LogP contribution in [0.2, 0.25) is 0 Å². The highest BCUT2D eigenvalue weighted by Gasteiger charge is 2.60. The Labute approximate surface area is 130 Å². The van der Waals surface area contributed by atoms with E-state index >= 15 is 0 Å². The maximum Gasteiger partial charge on any atom is 0.434 e. The minimum absolute atomic E-state index is 0.0822. The number of ether oxygens (including phenoxy) is 1. The van der Waals surface area contributed by atoms with Crippen LogP contribution >= 0.6 is 0 Å². The molecule has 1 unspecified atom stereocenters. The zero-order valence-corrected chi connectivity index (χ0v) is 11.5. The topological polar surface area (TPSA) is 79.2 Å². The Balaban J connectivity index is 2.90. The Bertz CT molecular complexity index is 622. The summed E-state index contributed by atoms with van der Waals surface area (Å²) in [6.07, 6.45) is -16.3. The number of halogens is 6.